The number of carboxylic acids is 1. The van der Waals surface area contributed by atoms with Crippen molar-refractivity contribution in [1.82, 2.24) is 0 Å². The number of hydrogen-bond donors (Lipinski definition) is 2. The summed E-state index contributed by atoms with van der Waals surface area (Å²) in [7, 11) is 0. The molecule has 0 aliphatic heterocycles. The summed E-state index contributed by atoms with van der Waals surface area (Å²) in [5.41, 5.74) is -1.41. The lowest BCUT2D eigenvalue weighted by atomic mass is 9.94. The lowest BCUT2D eigenvalue weighted by molar-refractivity contribution is -0.146. The van der Waals surface area contributed by atoms with Crippen molar-refractivity contribution in [2.24, 2.45) is 5.41 Å². The molecule has 0 saturated heterocycles. The van der Waals surface area contributed by atoms with Gasteiger partial charge in [-0.15, -0.1) is 0 Å². The highest BCUT2D eigenvalue weighted by Gasteiger charge is 2.27. The predicted octanol–water partition coefficient (Wildman–Crippen LogP) is 2.63. The molecule has 1 rings (SSSR count). The maximum atomic E-state index is 13.2. The topological polar surface area (TPSA) is 49.3 Å². The Hall–Kier alpha value is -1.72. The number of benzene rings is 1. The van der Waals surface area contributed by atoms with Gasteiger partial charge in [0.2, 0.25) is 0 Å². The van der Waals surface area contributed by atoms with Crippen LogP contribution < -0.4 is 5.32 Å². The summed E-state index contributed by atoms with van der Waals surface area (Å²) in [4.78, 5) is 10.8. The fourth-order valence-electron chi connectivity index (χ4n) is 1.05. The molecule has 0 atom stereocenters. The van der Waals surface area contributed by atoms with Gasteiger partial charge in [0, 0.05) is 18.7 Å². The second kappa shape index (κ2) is 4.65. The average molecular weight is 247 g/mol. The summed E-state index contributed by atoms with van der Waals surface area (Å²) in [6, 6.07) is 1.06. The fraction of sp³-hybridized carbons (Fsp3) is 0.364. The second-order valence-corrected chi connectivity index (χ2v) is 4.29. The summed E-state index contributed by atoms with van der Waals surface area (Å²) in [5.74, 6) is -4.52. The summed E-state index contributed by atoms with van der Waals surface area (Å²) < 4.78 is 38.7. The molecule has 2 N–H and O–H groups in total. The third kappa shape index (κ3) is 3.12. The zero-order chi connectivity index (χ0) is 13.2. The molecule has 0 unspecified atom stereocenters. The first-order chi connectivity index (χ1) is 7.74. The van der Waals surface area contributed by atoms with E-state index in [0.717, 1.165) is 0 Å². The Morgan fingerprint density at radius 2 is 1.76 bits per heavy atom. The van der Waals surface area contributed by atoms with E-state index in [0.29, 0.717) is 12.1 Å². The minimum absolute atomic E-state index is 0.107. The molecule has 1 aromatic carbocycles. The number of anilines is 1. The SMILES string of the molecule is CC(C)(CNc1cc(F)c(F)cc1F)C(=O)O. The third-order valence-corrected chi connectivity index (χ3v) is 2.31. The van der Waals surface area contributed by atoms with E-state index in [1.807, 2.05) is 0 Å². The van der Waals surface area contributed by atoms with Crippen molar-refractivity contribution < 1.29 is 23.1 Å². The number of halogens is 3. The van der Waals surface area contributed by atoms with Gasteiger partial charge in [-0.3, -0.25) is 4.79 Å². The van der Waals surface area contributed by atoms with Crippen LogP contribution in [0, 0.1) is 22.9 Å². The highest BCUT2D eigenvalue weighted by atomic mass is 19.2. The molecule has 0 amide bonds. The minimum Gasteiger partial charge on any atom is -0.481 e. The Labute approximate surface area is 96.3 Å². The molecule has 94 valence electrons. The van der Waals surface area contributed by atoms with Gasteiger partial charge in [-0.2, -0.15) is 0 Å². The Balaban J connectivity index is 2.83. The lowest BCUT2D eigenvalue weighted by Gasteiger charge is -2.20. The van der Waals surface area contributed by atoms with Gasteiger partial charge in [0.25, 0.3) is 0 Å². The molecule has 0 spiro atoms. The van der Waals surface area contributed by atoms with E-state index in [4.69, 9.17) is 5.11 Å². The number of carbonyl (C=O) groups is 1. The summed E-state index contributed by atoms with van der Waals surface area (Å²) in [5, 5.41) is 11.3. The largest absolute Gasteiger partial charge is 0.481 e. The molecule has 0 aliphatic carbocycles. The average Bonchev–Trinajstić information content (AvgIpc) is 2.21. The molecule has 3 nitrogen and oxygen atoms in total. The fourth-order valence-corrected chi connectivity index (χ4v) is 1.05. The standard InChI is InChI=1S/C11H12F3NO2/c1-11(2,10(16)17)5-15-9-4-7(13)6(12)3-8(9)14/h3-4,15H,5H2,1-2H3,(H,16,17). The van der Waals surface area contributed by atoms with Crippen LogP contribution in [-0.2, 0) is 4.79 Å². The van der Waals surface area contributed by atoms with Gasteiger partial charge < -0.3 is 10.4 Å². The van der Waals surface area contributed by atoms with Crippen LogP contribution in [0.5, 0.6) is 0 Å². The highest BCUT2D eigenvalue weighted by molar-refractivity contribution is 5.74. The van der Waals surface area contributed by atoms with Crippen LogP contribution in [0.4, 0.5) is 18.9 Å². The van der Waals surface area contributed by atoms with Crippen LogP contribution in [0.1, 0.15) is 13.8 Å². The molecule has 1 aromatic rings. The predicted molar refractivity (Wildman–Crippen MR) is 56.2 cm³/mol. The van der Waals surface area contributed by atoms with Crippen molar-refractivity contribution in [2.45, 2.75) is 13.8 Å². The van der Waals surface area contributed by atoms with E-state index in [2.05, 4.69) is 5.32 Å². The van der Waals surface area contributed by atoms with Crippen LogP contribution in [0.25, 0.3) is 0 Å². The Morgan fingerprint density at radius 3 is 2.29 bits per heavy atom. The minimum atomic E-state index is -1.29. The molecule has 0 radical (unpaired) electrons. The first-order valence-electron chi connectivity index (χ1n) is 4.86. The first-order valence-corrected chi connectivity index (χ1v) is 4.86. The highest BCUT2D eigenvalue weighted by Crippen LogP contribution is 2.21. The normalized spacial score (nSPS) is 11.4. The molecule has 0 aromatic heterocycles. The van der Waals surface area contributed by atoms with Gasteiger partial charge in [0.15, 0.2) is 11.6 Å². The second-order valence-electron chi connectivity index (χ2n) is 4.29. The number of nitrogens with one attached hydrogen (secondary N) is 1. The number of rotatable bonds is 4. The van der Waals surface area contributed by atoms with Crippen LogP contribution in [-0.4, -0.2) is 17.6 Å². The summed E-state index contributed by atoms with van der Waals surface area (Å²) in [6.45, 7) is 2.75. The van der Waals surface area contributed by atoms with Crippen LogP contribution >= 0.6 is 0 Å². The van der Waals surface area contributed by atoms with Gasteiger partial charge in [0.05, 0.1) is 11.1 Å². The smallest absolute Gasteiger partial charge is 0.310 e. The Kier molecular flexibility index (Phi) is 3.65. The Bertz CT molecular complexity index is 447. The van der Waals surface area contributed by atoms with E-state index < -0.39 is 28.8 Å². The van der Waals surface area contributed by atoms with Gasteiger partial charge in [-0.1, -0.05) is 0 Å². The first kappa shape index (κ1) is 13.3. The van der Waals surface area contributed by atoms with Crippen molar-refractivity contribution in [3.05, 3.63) is 29.6 Å². The maximum Gasteiger partial charge on any atom is 0.310 e. The zero-order valence-electron chi connectivity index (χ0n) is 9.35. The maximum absolute atomic E-state index is 13.2. The van der Waals surface area contributed by atoms with Gasteiger partial charge in [-0.05, 0) is 13.8 Å². The molecule has 0 bridgehead atoms. The van der Waals surface area contributed by atoms with Crippen LogP contribution in [0.2, 0.25) is 0 Å². The molecular formula is C11H12F3NO2. The van der Waals surface area contributed by atoms with E-state index in [9.17, 15) is 18.0 Å². The van der Waals surface area contributed by atoms with E-state index in [1.165, 1.54) is 13.8 Å². The van der Waals surface area contributed by atoms with E-state index >= 15 is 0 Å². The number of hydrogen-bond acceptors (Lipinski definition) is 2. The quantitative estimate of drug-likeness (QED) is 0.804. The van der Waals surface area contributed by atoms with E-state index in [1.54, 1.807) is 0 Å². The summed E-state index contributed by atoms with van der Waals surface area (Å²) >= 11 is 0. The van der Waals surface area contributed by atoms with Crippen molar-refractivity contribution >= 4 is 11.7 Å². The summed E-state index contributed by atoms with van der Waals surface area (Å²) in [6.07, 6.45) is 0. The third-order valence-electron chi connectivity index (χ3n) is 2.31. The van der Waals surface area contributed by atoms with E-state index in [-0.39, 0.29) is 12.2 Å². The van der Waals surface area contributed by atoms with Crippen molar-refractivity contribution in [2.75, 3.05) is 11.9 Å². The number of aliphatic carboxylic acids is 1. The molecule has 0 fully saturated rings. The molecule has 0 heterocycles. The van der Waals surface area contributed by atoms with Gasteiger partial charge in [-0.25, -0.2) is 13.2 Å². The van der Waals surface area contributed by atoms with Gasteiger partial charge >= 0.3 is 5.97 Å². The number of carboxylic acid groups (broad SMARTS) is 1. The van der Waals surface area contributed by atoms with Crippen LogP contribution in [0.15, 0.2) is 12.1 Å². The van der Waals surface area contributed by atoms with Gasteiger partial charge in [0.1, 0.15) is 5.82 Å². The molecule has 0 aliphatic rings. The molecular weight excluding hydrogens is 235 g/mol. The lowest BCUT2D eigenvalue weighted by Crippen LogP contribution is -2.32. The van der Waals surface area contributed by atoms with Crippen molar-refractivity contribution in [1.29, 1.82) is 0 Å². The molecule has 17 heavy (non-hydrogen) atoms. The van der Waals surface area contributed by atoms with Crippen molar-refractivity contribution in [3.63, 3.8) is 0 Å². The van der Waals surface area contributed by atoms with Crippen LogP contribution in [0.3, 0.4) is 0 Å². The Morgan fingerprint density at radius 1 is 1.24 bits per heavy atom. The monoisotopic (exact) mass is 247 g/mol. The molecule has 6 heteroatoms. The zero-order valence-corrected chi connectivity index (χ0v) is 9.35. The molecule has 0 saturated carbocycles. The van der Waals surface area contributed by atoms with Crippen molar-refractivity contribution in [3.8, 4) is 0 Å².